The predicted octanol–water partition coefficient (Wildman–Crippen LogP) is 3.87. The van der Waals surface area contributed by atoms with Crippen molar-refractivity contribution in [2.45, 2.75) is 51.7 Å². The Hall–Kier alpha value is -1.59. The van der Waals surface area contributed by atoms with E-state index in [9.17, 15) is 9.90 Å². The summed E-state index contributed by atoms with van der Waals surface area (Å²) in [5.41, 5.74) is 0. The monoisotopic (exact) mass is 324 g/mol. The van der Waals surface area contributed by atoms with Crippen LogP contribution in [0.3, 0.4) is 0 Å². The third kappa shape index (κ3) is 7.01. The summed E-state index contributed by atoms with van der Waals surface area (Å²) in [5, 5.41) is 9.71. The van der Waals surface area contributed by atoms with Gasteiger partial charge in [0.2, 0.25) is 0 Å². The van der Waals surface area contributed by atoms with Crippen molar-refractivity contribution < 1.29 is 24.1 Å². The summed E-state index contributed by atoms with van der Waals surface area (Å²) in [4.78, 5) is 11.9. The van der Waals surface area contributed by atoms with E-state index in [0.29, 0.717) is 25.4 Å². The van der Waals surface area contributed by atoms with Crippen LogP contribution in [0, 0.1) is 0 Å². The molecule has 0 aliphatic heterocycles. The average Bonchev–Trinajstić information content (AvgIpc) is 2.56. The molecule has 1 aromatic carbocycles. The summed E-state index contributed by atoms with van der Waals surface area (Å²) in [6.45, 7) is 5.10. The minimum Gasteiger partial charge on any atom is -0.476 e. The van der Waals surface area contributed by atoms with Crippen molar-refractivity contribution in [3.8, 4) is 5.75 Å². The molecule has 130 valence electrons. The summed E-state index contributed by atoms with van der Waals surface area (Å²) in [6.07, 6.45) is 4.16. The quantitative estimate of drug-likeness (QED) is 0.441. The fourth-order valence-electron chi connectivity index (χ4n) is 2.24. The summed E-state index contributed by atoms with van der Waals surface area (Å²) >= 11 is 0. The molecule has 1 N–H and O–H groups in total. The van der Waals surface area contributed by atoms with Gasteiger partial charge in [0.05, 0.1) is 13.2 Å². The smallest absolute Gasteiger partial charge is 0.377 e. The molecule has 1 rings (SSSR count). The topological polar surface area (TPSA) is 65.0 Å². The van der Waals surface area contributed by atoms with E-state index in [4.69, 9.17) is 14.2 Å². The fourth-order valence-corrected chi connectivity index (χ4v) is 2.24. The van der Waals surface area contributed by atoms with Crippen molar-refractivity contribution >= 4 is 5.97 Å². The van der Waals surface area contributed by atoms with Crippen molar-refractivity contribution in [2.24, 2.45) is 0 Å². The molecular formula is C18H28O5. The molecule has 0 fully saturated rings. The van der Waals surface area contributed by atoms with Gasteiger partial charge in [-0.2, -0.15) is 0 Å². The first-order valence-corrected chi connectivity index (χ1v) is 8.33. The number of rotatable bonds is 13. The Bertz CT molecular complexity index is 420. The zero-order valence-electron chi connectivity index (χ0n) is 14.1. The van der Waals surface area contributed by atoms with E-state index in [-0.39, 0.29) is 6.61 Å². The summed E-state index contributed by atoms with van der Waals surface area (Å²) in [7, 11) is 0. The van der Waals surface area contributed by atoms with Crippen LogP contribution in [-0.4, -0.2) is 36.7 Å². The second kappa shape index (κ2) is 11.0. The van der Waals surface area contributed by atoms with Gasteiger partial charge in [-0.15, -0.1) is 0 Å². The van der Waals surface area contributed by atoms with Crippen LogP contribution < -0.4 is 4.74 Å². The van der Waals surface area contributed by atoms with Crippen molar-refractivity contribution in [3.05, 3.63) is 30.3 Å². The van der Waals surface area contributed by atoms with Crippen molar-refractivity contribution in [2.75, 3.05) is 19.8 Å². The maximum Gasteiger partial charge on any atom is 0.377 e. The van der Waals surface area contributed by atoms with E-state index in [2.05, 4.69) is 6.92 Å². The summed E-state index contributed by atoms with van der Waals surface area (Å²) in [6, 6.07) is 8.93. The number of hydrogen-bond acceptors (Lipinski definition) is 4. The van der Waals surface area contributed by atoms with Crippen LogP contribution >= 0.6 is 0 Å². The predicted molar refractivity (Wildman–Crippen MR) is 88.6 cm³/mol. The molecular weight excluding hydrogens is 296 g/mol. The van der Waals surface area contributed by atoms with Crippen LogP contribution in [0.25, 0.3) is 0 Å². The van der Waals surface area contributed by atoms with Crippen molar-refractivity contribution in [1.82, 2.24) is 0 Å². The van der Waals surface area contributed by atoms with Gasteiger partial charge in [-0.05, 0) is 25.5 Å². The van der Waals surface area contributed by atoms with Crippen LogP contribution in [-0.2, 0) is 14.3 Å². The standard InChI is InChI=1S/C18H28O5/c1-3-5-6-10-13-18(17(19)20,22-15-14-21-4-2)23-16-11-8-7-9-12-16/h7-9,11-12H,3-6,10,13-15H2,1-2H3,(H,19,20). The Morgan fingerprint density at radius 2 is 1.83 bits per heavy atom. The Morgan fingerprint density at radius 1 is 1.09 bits per heavy atom. The fraction of sp³-hybridized carbons (Fsp3) is 0.611. The maximum absolute atomic E-state index is 11.9. The third-order valence-electron chi connectivity index (χ3n) is 3.48. The first-order valence-electron chi connectivity index (χ1n) is 8.33. The highest BCUT2D eigenvalue weighted by atomic mass is 16.7. The first-order chi connectivity index (χ1) is 11.1. The maximum atomic E-state index is 11.9. The largest absolute Gasteiger partial charge is 0.476 e. The summed E-state index contributed by atoms with van der Waals surface area (Å²) in [5.74, 6) is -2.28. The molecule has 0 radical (unpaired) electrons. The number of carbonyl (C=O) groups is 1. The number of benzene rings is 1. The van der Waals surface area contributed by atoms with Gasteiger partial charge in [0, 0.05) is 13.0 Å². The van der Waals surface area contributed by atoms with Gasteiger partial charge in [0.1, 0.15) is 5.75 Å². The molecule has 0 aliphatic carbocycles. The Kier molecular flexibility index (Phi) is 9.33. The van der Waals surface area contributed by atoms with Gasteiger partial charge >= 0.3 is 11.8 Å². The van der Waals surface area contributed by atoms with Gasteiger partial charge in [0.15, 0.2) is 0 Å². The van der Waals surface area contributed by atoms with Crippen LogP contribution in [0.2, 0.25) is 0 Å². The molecule has 0 heterocycles. The summed E-state index contributed by atoms with van der Waals surface area (Å²) < 4.78 is 16.6. The third-order valence-corrected chi connectivity index (χ3v) is 3.48. The second-order valence-electron chi connectivity index (χ2n) is 5.33. The van der Waals surface area contributed by atoms with Crippen molar-refractivity contribution in [3.63, 3.8) is 0 Å². The highest BCUT2D eigenvalue weighted by Crippen LogP contribution is 2.26. The molecule has 0 aliphatic rings. The number of hydrogen-bond donors (Lipinski definition) is 1. The lowest BCUT2D eigenvalue weighted by atomic mass is 10.1. The molecule has 1 aromatic rings. The Balaban J connectivity index is 2.77. The van der Waals surface area contributed by atoms with Gasteiger partial charge in [-0.25, -0.2) is 4.79 Å². The minimum absolute atomic E-state index is 0.181. The van der Waals surface area contributed by atoms with E-state index in [0.717, 1.165) is 25.7 Å². The molecule has 0 saturated carbocycles. The first kappa shape index (κ1) is 19.5. The van der Waals surface area contributed by atoms with Crippen LogP contribution in [0.5, 0.6) is 5.75 Å². The lowest BCUT2D eigenvalue weighted by Gasteiger charge is -2.30. The van der Waals surface area contributed by atoms with Gasteiger partial charge < -0.3 is 19.3 Å². The molecule has 5 nitrogen and oxygen atoms in total. The highest BCUT2D eigenvalue weighted by molar-refractivity contribution is 5.76. The number of ether oxygens (including phenoxy) is 3. The molecule has 0 aromatic heterocycles. The molecule has 23 heavy (non-hydrogen) atoms. The lowest BCUT2D eigenvalue weighted by Crippen LogP contribution is -2.48. The zero-order valence-corrected chi connectivity index (χ0v) is 14.1. The number of carboxylic acids is 1. The van der Waals surface area contributed by atoms with Gasteiger partial charge in [-0.1, -0.05) is 44.4 Å². The van der Waals surface area contributed by atoms with Crippen LogP contribution in [0.15, 0.2) is 30.3 Å². The van der Waals surface area contributed by atoms with Crippen molar-refractivity contribution in [1.29, 1.82) is 0 Å². The molecule has 1 atom stereocenters. The molecule has 0 bridgehead atoms. The number of aliphatic carboxylic acids is 1. The lowest BCUT2D eigenvalue weighted by molar-refractivity contribution is -0.218. The second-order valence-corrected chi connectivity index (χ2v) is 5.33. The number of unbranched alkanes of at least 4 members (excludes halogenated alkanes) is 3. The minimum atomic E-state index is -1.66. The molecule has 0 saturated heterocycles. The van der Waals surface area contributed by atoms with Gasteiger partial charge in [0.25, 0.3) is 0 Å². The Labute approximate surface area is 138 Å². The van der Waals surface area contributed by atoms with E-state index < -0.39 is 11.8 Å². The van der Waals surface area contributed by atoms with E-state index in [1.54, 1.807) is 24.3 Å². The SMILES string of the molecule is CCCCCCC(OCCOCC)(Oc1ccccc1)C(=O)O. The highest BCUT2D eigenvalue weighted by Gasteiger charge is 2.42. The Morgan fingerprint density at radius 3 is 2.43 bits per heavy atom. The van der Waals surface area contributed by atoms with Gasteiger partial charge in [-0.3, -0.25) is 0 Å². The number of carboxylic acid groups (broad SMARTS) is 1. The number of para-hydroxylation sites is 1. The van der Waals surface area contributed by atoms with E-state index in [1.807, 2.05) is 13.0 Å². The van der Waals surface area contributed by atoms with Crippen LogP contribution in [0.1, 0.15) is 46.0 Å². The molecule has 5 heteroatoms. The normalized spacial score (nSPS) is 13.5. The molecule has 0 amide bonds. The van der Waals surface area contributed by atoms with E-state index >= 15 is 0 Å². The molecule has 0 spiro atoms. The van der Waals surface area contributed by atoms with E-state index in [1.165, 1.54) is 0 Å². The average molecular weight is 324 g/mol. The molecule has 1 unspecified atom stereocenters. The van der Waals surface area contributed by atoms with Crippen LogP contribution in [0.4, 0.5) is 0 Å². The zero-order chi connectivity index (χ0) is 17.0.